The van der Waals surface area contributed by atoms with Crippen LogP contribution in [0.1, 0.15) is 18.4 Å². The molecule has 0 spiro atoms. The van der Waals surface area contributed by atoms with Crippen LogP contribution >= 0.6 is 11.6 Å². The predicted octanol–water partition coefficient (Wildman–Crippen LogP) is 2.50. The van der Waals surface area contributed by atoms with E-state index >= 15 is 0 Å². The van der Waals surface area contributed by atoms with Gasteiger partial charge in [-0.3, -0.25) is 9.69 Å². The van der Waals surface area contributed by atoms with Gasteiger partial charge in [0.25, 0.3) is 0 Å². The number of hydrogen-bond acceptors (Lipinski definition) is 4. The van der Waals surface area contributed by atoms with E-state index in [1.165, 1.54) is 5.57 Å². The summed E-state index contributed by atoms with van der Waals surface area (Å²) in [5.41, 5.74) is 8.35. The zero-order valence-electron chi connectivity index (χ0n) is 14.1. The van der Waals surface area contributed by atoms with Crippen molar-refractivity contribution in [2.24, 2.45) is 5.73 Å². The molecule has 0 fully saturated rings. The highest BCUT2D eigenvalue weighted by Crippen LogP contribution is 2.28. The number of methoxy groups -OCH3 is 1. The molecule has 1 amide bonds. The van der Waals surface area contributed by atoms with Crippen molar-refractivity contribution >= 4 is 23.1 Å². The quantitative estimate of drug-likeness (QED) is 0.859. The van der Waals surface area contributed by atoms with Crippen LogP contribution in [0, 0.1) is 0 Å². The molecule has 2 aromatic rings. The van der Waals surface area contributed by atoms with E-state index < -0.39 is 0 Å². The lowest BCUT2D eigenvalue weighted by Gasteiger charge is -2.25. The van der Waals surface area contributed by atoms with E-state index in [1.54, 1.807) is 17.9 Å². The molecule has 1 aromatic carbocycles. The second kappa shape index (κ2) is 7.72. The maximum Gasteiger partial charge on any atom is 0.218 e. The minimum absolute atomic E-state index is 0.258. The number of rotatable bonds is 6. The number of primary amides is 1. The van der Waals surface area contributed by atoms with Crippen LogP contribution in [0.3, 0.4) is 0 Å². The van der Waals surface area contributed by atoms with Crippen molar-refractivity contribution in [2.45, 2.75) is 12.8 Å². The Morgan fingerprint density at radius 2 is 2.28 bits per heavy atom. The number of benzene rings is 1. The Hall–Kier alpha value is -2.31. The SMILES string of the molecule is COc1ccc(Cl)cc1-n1cc(C2=CCN(CCC(N)=O)CC2)cn1. The lowest BCUT2D eigenvalue weighted by Crippen LogP contribution is -2.31. The van der Waals surface area contributed by atoms with E-state index in [2.05, 4.69) is 16.1 Å². The number of carbonyl (C=O) groups excluding carboxylic acids is 1. The lowest BCUT2D eigenvalue weighted by atomic mass is 10.0. The first-order valence-corrected chi connectivity index (χ1v) is 8.53. The summed E-state index contributed by atoms with van der Waals surface area (Å²) in [6.07, 6.45) is 7.33. The molecule has 25 heavy (non-hydrogen) atoms. The summed E-state index contributed by atoms with van der Waals surface area (Å²) in [5.74, 6) is 0.459. The number of carbonyl (C=O) groups is 1. The van der Waals surface area contributed by atoms with Gasteiger partial charge >= 0.3 is 0 Å². The molecule has 0 atom stereocenters. The average molecular weight is 361 g/mol. The van der Waals surface area contributed by atoms with Crippen molar-refractivity contribution in [3.63, 3.8) is 0 Å². The monoisotopic (exact) mass is 360 g/mol. The van der Waals surface area contributed by atoms with Crippen molar-refractivity contribution < 1.29 is 9.53 Å². The minimum Gasteiger partial charge on any atom is -0.494 e. The van der Waals surface area contributed by atoms with Gasteiger partial charge in [0.1, 0.15) is 11.4 Å². The summed E-state index contributed by atoms with van der Waals surface area (Å²) < 4.78 is 7.17. The third kappa shape index (κ3) is 4.21. The minimum atomic E-state index is -0.258. The number of hydrogen-bond donors (Lipinski definition) is 1. The molecular formula is C18H21ClN4O2. The summed E-state index contributed by atoms with van der Waals surface area (Å²) in [4.78, 5) is 13.1. The van der Waals surface area contributed by atoms with Crippen molar-refractivity contribution in [3.8, 4) is 11.4 Å². The van der Waals surface area contributed by atoms with Gasteiger partial charge in [0.2, 0.25) is 5.91 Å². The van der Waals surface area contributed by atoms with Crippen LogP contribution in [0.5, 0.6) is 5.75 Å². The zero-order valence-corrected chi connectivity index (χ0v) is 14.9. The zero-order chi connectivity index (χ0) is 17.8. The highest BCUT2D eigenvalue weighted by molar-refractivity contribution is 6.30. The van der Waals surface area contributed by atoms with E-state index in [4.69, 9.17) is 22.1 Å². The fourth-order valence-corrected chi connectivity index (χ4v) is 3.07. The molecule has 3 rings (SSSR count). The van der Waals surface area contributed by atoms with Gasteiger partial charge < -0.3 is 10.5 Å². The van der Waals surface area contributed by atoms with Crippen LogP contribution in [-0.4, -0.2) is 47.3 Å². The Morgan fingerprint density at radius 1 is 1.44 bits per heavy atom. The van der Waals surface area contributed by atoms with E-state index in [0.717, 1.165) is 30.8 Å². The Kier molecular flexibility index (Phi) is 5.40. The molecule has 2 heterocycles. The smallest absolute Gasteiger partial charge is 0.218 e. The maximum atomic E-state index is 10.9. The molecule has 0 aliphatic carbocycles. The van der Waals surface area contributed by atoms with E-state index in [9.17, 15) is 4.79 Å². The second-order valence-electron chi connectivity index (χ2n) is 5.99. The Bertz CT molecular complexity index is 800. The van der Waals surface area contributed by atoms with Crippen LogP contribution < -0.4 is 10.5 Å². The summed E-state index contributed by atoms with van der Waals surface area (Å²) in [5, 5.41) is 5.09. The summed E-state index contributed by atoms with van der Waals surface area (Å²) in [6, 6.07) is 5.45. The topological polar surface area (TPSA) is 73.4 Å². The molecule has 1 aromatic heterocycles. The number of aromatic nitrogens is 2. The summed E-state index contributed by atoms with van der Waals surface area (Å²) >= 11 is 6.10. The van der Waals surface area contributed by atoms with Gasteiger partial charge in [-0.25, -0.2) is 4.68 Å². The molecule has 0 saturated heterocycles. The predicted molar refractivity (Wildman–Crippen MR) is 98.0 cm³/mol. The number of amides is 1. The summed E-state index contributed by atoms with van der Waals surface area (Å²) in [7, 11) is 1.63. The van der Waals surface area contributed by atoms with Crippen LogP contribution in [0.4, 0.5) is 0 Å². The molecule has 1 aliphatic rings. The van der Waals surface area contributed by atoms with Gasteiger partial charge in [-0.1, -0.05) is 17.7 Å². The molecule has 0 unspecified atom stereocenters. The summed E-state index contributed by atoms with van der Waals surface area (Å²) in [6.45, 7) is 2.43. The first-order chi connectivity index (χ1) is 12.1. The van der Waals surface area contributed by atoms with Gasteiger partial charge in [0, 0.05) is 42.8 Å². The van der Waals surface area contributed by atoms with E-state index in [-0.39, 0.29) is 5.91 Å². The molecule has 7 heteroatoms. The van der Waals surface area contributed by atoms with Gasteiger partial charge in [0.05, 0.1) is 13.3 Å². The average Bonchev–Trinajstić information content (AvgIpc) is 3.10. The van der Waals surface area contributed by atoms with Gasteiger partial charge in [-0.15, -0.1) is 0 Å². The molecule has 0 bridgehead atoms. The van der Waals surface area contributed by atoms with Crippen LogP contribution in [0.25, 0.3) is 11.3 Å². The van der Waals surface area contributed by atoms with Crippen molar-refractivity contribution in [1.82, 2.24) is 14.7 Å². The van der Waals surface area contributed by atoms with Crippen molar-refractivity contribution in [2.75, 3.05) is 26.7 Å². The molecule has 0 radical (unpaired) electrons. The first-order valence-electron chi connectivity index (χ1n) is 8.15. The van der Waals surface area contributed by atoms with Gasteiger partial charge in [-0.2, -0.15) is 5.10 Å². The van der Waals surface area contributed by atoms with Crippen molar-refractivity contribution in [1.29, 1.82) is 0 Å². The molecular weight excluding hydrogens is 340 g/mol. The van der Waals surface area contributed by atoms with Crippen molar-refractivity contribution in [3.05, 3.63) is 47.3 Å². The van der Waals surface area contributed by atoms with Crippen LogP contribution in [-0.2, 0) is 4.79 Å². The van der Waals surface area contributed by atoms with Crippen LogP contribution in [0.2, 0.25) is 5.02 Å². The number of nitrogens with two attached hydrogens (primary N) is 1. The standard InChI is InChI=1S/C18H21ClN4O2/c1-25-17-3-2-15(19)10-16(17)23-12-14(11-21-23)13-4-7-22(8-5-13)9-6-18(20)24/h2-4,10-12H,5-9H2,1H3,(H2,20,24). The van der Waals surface area contributed by atoms with E-state index in [0.29, 0.717) is 23.7 Å². The third-order valence-corrected chi connectivity index (χ3v) is 4.54. The van der Waals surface area contributed by atoms with E-state index in [1.807, 2.05) is 24.5 Å². The third-order valence-electron chi connectivity index (χ3n) is 4.31. The normalized spacial score (nSPS) is 15.0. The molecule has 0 saturated carbocycles. The molecule has 1 aliphatic heterocycles. The number of nitrogens with zero attached hydrogens (tertiary/aromatic N) is 3. The molecule has 132 valence electrons. The first kappa shape index (κ1) is 17.5. The second-order valence-corrected chi connectivity index (χ2v) is 6.42. The highest BCUT2D eigenvalue weighted by Gasteiger charge is 2.15. The Morgan fingerprint density at radius 3 is 2.96 bits per heavy atom. The number of halogens is 1. The fraction of sp³-hybridized carbons (Fsp3) is 0.333. The largest absolute Gasteiger partial charge is 0.494 e. The van der Waals surface area contributed by atoms with Crippen LogP contribution in [0.15, 0.2) is 36.7 Å². The Labute approximate surface area is 151 Å². The van der Waals surface area contributed by atoms with Gasteiger partial charge in [0.15, 0.2) is 0 Å². The number of ether oxygens (including phenoxy) is 1. The molecule has 2 N–H and O–H groups in total. The van der Waals surface area contributed by atoms with Gasteiger partial charge in [-0.05, 0) is 30.2 Å². The Balaban J connectivity index is 1.74. The lowest BCUT2D eigenvalue weighted by molar-refractivity contribution is -0.118. The molecule has 6 nitrogen and oxygen atoms in total. The fourth-order valence-electron chi connectivity index (χ4n) is 2.91. The highest BCUT2D eigenvalue weighted by atomic mass is 35.5. The maximum absolute atomic E-state index is 10.9.